The maximum Gasteiger partial charge on any atom is 0.257 e. The fraction of sp³-hybridized carbons (Fsp3) is 0.0833. The van der Waals surface area contributed by atoms with Crippen LogP contribution in [0.2, 0.25) is 5.02 Å². The molecular formula is C12H8Br2ClNOS. The SMILES string of the molecule is Cc1cccc(NC(=O)c2cc(Br)sc2Br)c1Cl. The second kappa shape index (κ2) is 5.74. The van der Waals surface area contributed by atoms with Gasteiger partial charge in [-0.15, -0.1) is 11.3 Å². The normalized spacial score (nSPS) is 10.4. The Morgan fingerprint density at radius 2 is 2.11 bits per heavy atom. The zero-order valence-electron chi connectivity index (χ0n) is 9.26. The number of aryl methyl sites for hydroxylation is 1. The zero-order valence-corrected chi connectivity index (χ0v) is 14.0. The third-order valence-electron chi connectivity index (χ3n) is 2.34. The lowest BCUT2D eigenvalue weighted by atomic mass is 10.2. The molecule has 1 aromatic carbocycles. The zero-order chi connectivity index (χ0) is 13.3. The van der Waals surface area contributed by atoms with E-state index in [0.717, 1.165) is 13.1 Å². The number of hydrogen-bond donors (Lipinski definition) is 1. The highest BCUT2D eigenvalue weighted by Crippen LogP contribution is 2.33. The molecule has 0 aliphatic heterocycles. The average Bonchev–Trinajstić information content (AvgIpc) is 2.64. The minimum absolute atomic E-state index is 0.184. The molecule has 6 heteroatoms. The Bertz CT molecular complexity index is 612. The van der Waals surface area contributed by atoms with Crippen molar-refractivity contribution in [3.63, 3.8) is 0 Å². The second-order valence-corrected chi connectivity index (χ2v) is 7.76. The Kier molecular flexibility index (Phi) is 4.48. The summed E-state index contributed by atoms with van der Waals surface area (Å²) in [4.78, 5) is 12.1. The van der Waals surface area contributed by atoms with Crippen molar-refractivity contribution in [1.29, 1.82) is 0 Å². The lowest BCUT2D eigenvalue weighted by Crippen LogP contribution is -2.11. The Morgan fingerprint density at radius 3 is 2.72 bits per heavy atom. The number of anilines is 1. The van der Waals surface area contributed by atoms with Crippen LogP contribution in [0.25, 0.3) is 0 Å². The van der Waals surface area contributed by atoms with E-state index in [1.807, 2.05) is 19.1 Å². The predicted molar refractivity (Wildman–Crippen MR) is 83.9 cm³/mol. The van der Waals surface area contributed by atoms with Crippen molar-refractivity contribution in [1.82, 2.24) is 0 Å². The van der Waals surface area contributed by atoms with Crippen LogP contribution in [-0.2, 0) is 0 Å². The summed E-state index contributed by atoms with van der Waals surface area (Å²) < 4.78 is 1.69. The van der Waals surface area contributed by atoms with Crippen molar-refractivity contribution >= 4 is 66.4 Å². The third-order valence-corrected chi connectivity index (χ3v) is 5.18. The summed E-state index contributed by atoms with van der Waals surface area (Å²) in [5, 5.41) is 3.37. The first-order valence-electron chi connectivity index (χ1n) is 5.00. The summed E-state index contributed by atoms with van der Waals surface area (Å²) in [6, 6.07) is 7.31. The number of amides is 1. The van der Waals surface area contributed by atoms with Crippen LogP contribution in [0.3, 0.4) is 0 Å². The Morgan fingerprint density at radius 1 is 1.39 bits per heavy atom. The molecule has 1 N–H and O–H groups in total. The summed E-state index contributed by atoms with van der Waals surface area (Å²) in [6.45, 7) is 1.90. The summed E-state index contributed by atoms with van der Waals surface area (Å²) >= 11 is 14.3. The van der Waals surface area contributed by atoms with E-state index in [2.05, 4.69) is 37.2 Å². The Labute approximate surface area is 131 Å². The smallest absolute Gasteiger partial charge is 0.257 e. The molecule has 1 aromatic heterocycles. The molecule has 1 heterocycles. The number of nitrogens with one attached hydrogen (secondary N) is 1. The number of thiophene rings is 1. The molecule has 0 aliphatic carbocycles. The molecule has 0 spiro atoms. The Hall–Kier alpha value is -0.360. The van der Waals surface area contributed by atoms with E-state index in [0.29, 0.717) is 16.3 Å². The maximum atomic E-state index is 12.1. The molecule has 94 valence electrons. The molecule has 0 aliphatic rings. The van der Waals surface area contributed by atoms with Crippen LogP contribution in [-0.4, -0.2) is 5.91 Å². The van der Waals surface area contributed by atoms with Crippen molar-refractivity contribution in [2.24, 2.45) is 0 Å². The van der Waals surface area contributed by atoms with Gasteiger partial charge >= 0.3 is 0 Å². The highest BCUT2D eigenvalue weighted by molar-refractivity contribution is 9.12. The Balaban J connectivity index is 2.27. The van der Waals surface area contributed by atoms with E-state index in [9.17, 15) is 4.79 Å². The fourth-order valence-electron chi connectivity index (χ4n) is 1.43. The van der Waals surface area contributed by atoms with Gasteiger partial charge in [0, 0.05) is 0 Å². The van der Waals surface area contributed by atoms with Gasteiger partial charge in [0.1, 0.15) is 0 Å². The number of hydrogen-bond acceptors (Lipinski definition) is 2. The molecule has 0 unspecified atom stereocenters. The van der Waals surface area contributed by atoms with Crippen molar-refractivity contribution in [2.75, 3.05) is 5.32 Å². The molecule has 0 radical (unpaired) electrons. The van der Waals surface area contributed by atoms with Gasteiger partial charge in [-0.3, -0.25) is 4.79 Å². The second-order valence-electron chi connectivity index (χ2n) is 3.63. The predicted octanol–water partition coefficient (Wildman–Crippen LogP) is 5.49. The molecule has 2 aromatic rings. The van der Waals surface area contributed by atoms with E-state index in [-0.39, 0.29) is 5.91 Å². The molecule has 1 amide bonds. The quantitative estimate of drug-likeness (QED) is 0.698. The van der Waals surface area contributed by atoms with Crippen LogP contribution < -0.4 is 5.32 Å². The number of halogens is 3. The van der Waals surface area contributed by atoms with E-state index in [1.54, 1.807) is 12.1 Å². The number of carbonyl (C=O) groups is 1. The first kappa shape index (κ1) is 14.1. The van der Waals surface area contributed by atoms with E-state index in [4.69, 9.17) is 11.6 Å². The summed E-state index contributed by atoms with van der Waals surface area (Å²) in [5.41, 5.74) is 2.14. The first-order valence-corrected chi connectivity index (χ1v) is 7.78. The minimum Gasteiger partial charge on any atom is -0.321 e. The van der Waals surface area contributed by atoms with Crippen molar-refractivity contribution < 1.29 is 4.79 Å². The maximum absolute atomic E-state index is 12.1. The van der Waals surface area contributed by atoms with Gasteiger partial charge in [0.2, 0.25) is 0 Å². The topological polar surface area (TPSA) is 29.1 Å². The van der Waals surface area contributed by atoms with E-state index < -0.39 is 0 Å². The van der Waals surface area contributed by atoms with Gasteiger partial charge in [0.25, 0.3) is 5.91 Å². The van der Waals surface area contributed by atoms with Gasteiger partial charge in [-0.1, -0.05) is 23.7 Å². The molecular weight excluding hydrogens is 401 g/mol. The lowest BCUT2D eigenvalue weighted by Gasteiger charge is -2.08. The molecule has 0 saturated carbocycles. The summed E-state index contributed by atoms with van der Waals surface area (Å²) in [5.74, 6) is -0.184. The largest absolute Gasteiger partial charge is 0.321 e. The van der Waals surface area contributed by atoms with Crippen LogP contribution in [0.1, 0.15) is 15.9 Å². The summed E-state index contributed by atoms with van der Waals surface area (Å²) in [7, 11) is 0. The van der Waals surface area contributed by atoms with Gasteiger partial charge in [-0.25, -0.2) is 0 Å². The highest BCUT2D eigenvalue weighted by Gasteiger charge is 2.15. The van der Waals surface area contributed by atoms with Crippen LogP contribution in [0, 0.1) is 6.92 Å². The molecule has 0 bridgehead atoms. The van der Waals surface area contributed by atoms with Gasteiger partial charge in [0.05, 0.1) is 23.8 Å². The van der Waals surface area contributed by atoms with Crippen LogP contribution >= 0.6 is 54.8 Å². The molecule has 2 nitrogen and oxygen atoms in total. The molecule has 0 atom stereocenters. The fourth-order valence-corrected chi connectivity index (χ4v) is 4.40. The van der Waals surface area contributed by atoms with Crippen molar-refractivity contribution in [3.05, 3.63) is 48.0 Å². The number of rotatable bonds is 2. The molecule has 0 saturated heterocycles. The lowest BCUT2D eigenvalue weighted by molar-refractivity contribution is 0.102. The minimum atomic E-state index is -0.184. The molecule has 0 fully saturated rings. The first-order chi connectivity index (χ1) is 8.49. The average molecular weight is 410 g/mol. The van der Waals surface area contributed by atoms with Crippen molar-refractivity contribution in [3.8, 4) is 0 Å². The van der Waals surface area contributed by atoms with Crippen LogP contribution in [0.4, 0.5) is 5.69 Å². The van der Waals surface area contributed by atoms with Crippen molar-refractivity contribution in [2.45, 2.75) is 6.92 Å². The number of carbonyl (C=O) groups excluding carboxylic acids is 1. The van der Waals surface area contributed by atoms with E-state index >= 15 is 0 Å². The summed E-state index contributed by atoms with van der Waals surface area (Å²) in [6.07, 6.45) is 0. The number of benzene rings is 1. The monoisotopic (exact) mass is 407 g/mol. The standard InChI is InChI=1S/C12H8Br2ClNOS/c1-6-3-2-4-8(10(6)15)16-12(17)7-5-9(13)18-11(7)14/h2-5H,1H3,(H,16,17). The third kappa shape index (κ3) is 2.96. The van der Waals surface area contributed by atoms with Crippen LogP contribution in [0.5, 0.6) is 0 Å². The van der Waals surface area contributed by atoms with Gasteiger partial charge in [0.15, 0.2) is 0 Å². The molecule has 2 rings (SSSR count). The van der Waals surface area contributed by atoms with Gasteiger partial charge < -0.3 is 5.32 Å². The van der Waals surface area contributed by atoms with Gasteiger partial charge in [-0.2, -0.15) is 0 Å². The van der Waals surface area contributed by atoms with E-state index in [1.165, 1.54) is 11.3 Å². The highest BCUT2D eigenvalue weighted by atomic mass is 79.9. The van der Waals surface area contributed by atoms with Gasteiger partial charge in [-0.05, 0) is 56.5 Å². The molecule has 18 heavy (non-hydrogen) atoms. The van der Waals surface area contributed by atoms with Crippen LogP contribution in [0.15, 0.2) is 31.8 Å².